The van der Waals surface area contributed by atoms with Gasteiger partial charge in [-0.05, 0) is 78.4 Å². The van der Waals surface area contributed by atoms with Crippen LogP contribution in [0.4, 0.5) is 0 Å². The van der Waals surface area contributed by atoms with E-state index in [0.29, 0.717) is 0 Å². The topological polar surface area (TPSA) is 77.7 Å². The molecule has 0 fully saturated rings. The lowest BCUT2D eigenvalue weighted by molar-refractivity contribution is 0.669. The number of aromatic nitrogens is 5. The van der Waals surface area contributed by atoms with Gasteiger partial charge < -0.3 is 13.8 Å². The summed E-state index contributed by atoms with van der Waals surface area (Å²) in [6.45, 7) is 0. The molecule has 0 saturated carbocycles. The number of nitrogens with one attached hydrogen (secondary N) is 1. The molecule has 6 heterocycles. The van der Waals surface area contributed by atoms with Gasteiger partial charge in [-0.15, -0.1) is 0 Å². The predicted octanol–water partition coefficient (Wildman–Crippen LogP) is 14.3. The van der Waals surface area contributed by atoms with Gasteiger partial charge in [-0.2, -0.15) is 0 Å². The summed E-state index contributed by atoms with van der Waals surface area (Å²) in [6.07, 6.45) is 1.85. The van der Waals surface area contributed by atoms with E-state index in [1.807, 2.05) is 36.5 Å². The molecular formula is C54H31N5O2. The van der Waals surface area contributed by atoms with Crippen molar-refractivity contribution in [2.24, 2.45) is 0 Å². The van der Waals surface area contributed by atoms with Crippen LogP contribution in [0.1, 0.15) is 0 Å². The van der Waals surface area contributed by atoms with E-state index in [9.17, 15) is 0 Å². The molecule has 14 rings (SSSR count). The van der Waals surface area contributed by atoms with Crippen LogP contribution in [-0.4, -0.2) is 24.1 Å². The second-order valence-corrected chi connectivity index (χ2v) is 15.8. The minimum absolute atomic E-state index is 0.781. The number of hydrogen-bond donors (Lipinski definition) is 1. The van der Waals surface area contributed by atoms with Crippen molar-refractivity contribution in [1.29, 1.82) is 0 Å². The number of benzene rings is 8. The maximum atomic E-state index is 6.93. The number of fused-ring (bicyclic) bond motifs is 14. The van der Waals surface area contributed by atoms with Gasteiger partial charge in [-0.3, -0.25) is 9.13 Å². The van der Waals surface area contributed by atoms with Crippen LogP contribution in [0.2, 0.25) is 0 Å². The third-order valence-electron chi connectivity index (χ3n) is 12.5. The van der Waals surface area contributed by atoms with Gasteiger partial charge in [0.15, 0.2) is 5.58 Å². The van der Waals surface area contributed by atoms with E-state index in [4.69, 9.17) is 18.8 Å². The lowest BCUT2D eigenvalue weighted by Crippen LogP contribution is -1.98. The Morgan fingerprint density at radius 1 is 0.459 bits per heavy atom. The molecule has 61 heavy (non-hydrogen) atoms. The standard InChI is InChI=1S/C54H31N5O2/c1-5-18-43-33(12-1)38-16-11-17-39(50(38)56-43)54-57-51-40(31-23-25-35-34-13-2-6-19-44(34)59(45(35)28-31)49-22-9-10-27-55-49)30-42-37-15-4-8-21-47(37)61-53(42)52(51)58(54)32-24-26-48-41(29-32)36-14-3-7-20-46(36)60-48/h1-30,56H. The molecule has 7 heteroatoms. The summed E-state index contributed by atoms with van der Waals surface area (Å²) in [5.74, 6) is 1.67. The smallest absolute Gasteiger partial charge is 0.161 e. The van der Waals surface area contributed by atoms with Crippen LogP contribution in [0.5, 0.6) is 0 Å². The molecule has 0 unspecified atom stereocenters. The summed E-state index contributed by atoms with van der Waals surface area (Å²) in [6, 6.07) is 61.6. The fraction of sp³-hybridized carbons (Fsp3) is 0. The van der Waals surface area contributed by atoms with Crippen LogP contribution < -0.4 is 0 Å². The molecule has 0 bridgehead atoms. The molecule has 0 aliphatic rings. The average molecular weight is 782 g/mol. The monoisotopic (exact) mass is 781 g/mol. The molecular weight excluding hydrogens is 751 g/mol. The molecule has 0 amide bonds. The molecule has 14 aromatic rings. The lowest BCUT2D eigenvalue weighted by atomic mass is 9.99. The number of furan rings is 2. The minimum atomic E-state index is 0.781. The molecule has 7 nitrogen and oxygen atoms in total. The Hall–Kier alpha value is -8.42. The Morgan fingerprint density at radius 3 is 2.05 bits per heavy atom. The van der Waals surface area contributed by atoms with Crippen LogP contribution in [0.3, 0.4) is 0 Å². The van der Waals surface area contributed by atoms with Gasteiger partial charge in [0.1, 0.15) is 39.4 Å². The first-order chi connectivity index (χ1) is 30.2. The number of H-pyrrole nitrogens is 1. The third kappa shape index (κ3) is 4.51. The Kier molecular flexibility index (Phi) is 6.43. The van der Waals surface area contributed by atoms with Crippen molar-refractivity contribution in [3.63, 3.8) is 0 Å². The van der Waals surface area contributed by atoms with E-state index in [2.05, 4.69) is 160 Å². The molecule has 0 aliphatic heterocycles. The van der Waals surface area contributed by atoms with E-state index in [0.717, 1.165) is 122 Å². The molecule has 0 spiro atoms. The van der Waals surface area contributed by atoms with Gasteiger partial charge in [0.2, 0.25) is 0 Å². The van der Waals surface area contributed by atoms with E-state index in [-0.39, 0.29) is 0 Å². The van der Waals surface area contributed by atoms with E-state index in [1.165, 1.54) is 10.8 Å². The zero-order valence-corrected chi connectivity index (χ0v) is 32.4. The maximum Gasteiger partial charge on any atom is 0.161 e. The average Bonchev–Trinajstić information content (AvgIpc) is 4.14. The Labute approximate surface area is 346 Å². The minimum Gasteiger partial charge on any atom is -0.456 e. The highest BCUT2D eigenvalue weighted by molar-refractivity contribution is 6.20. The fourth-order valence-corrected chi connectivity index (χ4v) is 9.85. The molecule has 6 aromatic heterocycles. The second-order valence-electron chi connectivity index (χ2n) is 15.8. The van der Waals surface area contributed by atoms with Gasteiger partial charge >= 0.3 is 0 Å². The van der Waals surface area contributed by atoms with Crippen LogP contribution in [0, 0.1) is 0 Å². The molecule has 8 aromatic carbocycles. The number of para-hydroxylation sites is 5. The normalized spacial score (nSPS) is 12.3. The van der Waals surface area contributed by atoms with Crippen LogP contribution in [0.25, 0.3) is 133 Å². The molecule has 1 N–H and O–H groups in total. The Bertz CT molecular complexity index is 4120. The fourth-order valence-electron chi connectivity index (χ4n) is 9.85. The zero-order chi connectivity index (χ0) is 39.8. The number of aromatic amines is 1. The third-order valence-corrected chi connectivity index (χ3v) is 12.5. The van der Waals surface area contributed by atoms with Crippen molar-refractivity contribution in [2.45, 2.75) is 0 Å². The van der Waals surface area contributed by atoms with Crippen molar-refractivity contribution in [2.75, 3.05) is 0 Å². The summed E-state index contributed by atoms with van der Waals surface area (Å²) >= 11 is 0. The summed E-state index contributed by atoms with van der Waals surface area (Å²) in [7, 11) is 0. The summed E-state index contributed by atoms with van der Waals surface area (Å²) in [5, 5.41) is 8.83. The summed E-state index contributed by atoms with van der Waals surface area (Å²) in [5.41, 5.74) is 13.3. The quantitative estimate of drug-likeness (QED) is 0.193. The van der Waals surface area contributed by atoms with Crippen LogP contribution in [0.15, 0.2) is 191 Å². The number of rotatable bonds is 4. The molecule has 0 atom stereocenters. The van der Waals surface area contributed by atoms with E-state index in [1.54, 1.807) is 0 Å². The molecule has 284 valence electrons. The second kappa shape index (κ2) is 12.1. The van der Waals surface area contributed by atoms with Gasteiger partial charge in [-0.1, -0.05) is 103 Å². The van der Waals surface area contributed by atoms with Crippen molar-refractivity contribution >= 4 is 98.5 Å². The van der Waals surface area contributed by atoms with Gasteiger partial charge in [0.25, 0.3) is 0 Å². The Balaban J connectivity index is 1.15. The number of pyridine rings is 1. The van der Waals surface area contributed by atoms with E-state index >= 15 is 0 Å². The highest BCUT2D eigenvalue weighted by atomic mass is 16.3. The lowest BCUT2D eigenvalue weighted by Gasteiger charge is -2.12. The van der Waals surface area contributed by atoms with Crippen molar-refractivity contribution in [3.8, 4) is 34.0 Å². The molecule has 0 radical (unpaired) electrons. The summed E-state index contributed by atoms with van der Waals surface area (Å²) < 4.78 is 17.8. The summed E-state index contributed by atoms with van der Waals surface area (Å²) in [4.78, 5) is 14.4. The maximum absolute atomic E-state index is 6.93. The van der Waals surface area contributed by atoms with Crippen LogP contribution in [-0.2, 0) is 0 Å². The molecule has 0 aliphatic carbocycles. The largest absolute Gasteiger partial charge is 0.456 e. The first-order valence-corrected chi connectivity index (χ1v) is 20.5. The zero-order valence-electron chi connectivity index (χ0n) is 32.4. The first-order valence-electron chi connectivity index (χ1n) is 20.5. The molecule has 0 saturated heterocycles. The number of imidazole rings is 1. The Morgan fingerprint density at radius 2 is 1.18 bits per heavy atom. The highest BCUT2D eigenvalue weighted by Crippen LogP contribution is 2.45. The highest BCUT2D eigenvalue weighted by Gasteiger charge is 2.26. The predicted molar refractivity (Wildman–Crippen MR) is 248 cm³/mol. The number of nitrogens with zero attached hydrogens (tertiary/aromatic N) is 4. The van der Waals surface area contributed by atoms with Crippen molar-refractivity contribution in [3.05, 3.63) is 182 Å². The number of hydrogen-bond acceptors (Lipinski definition) is 4. The van der Waals surface area contributed by atoms with Crippen molar-refractivity contribution < 1.29 is 8.83 Å². The SMILES string of the molecule is c1ccc(-n2c3ccccc3c3ccc(-c4cc5c6ccccc6oc5c5c4nc(-c4cccc6c4[nH]c4ccccc46)n5-c4ccc5oc6ccccc6c5c4)cc32)nc1. The van der Waals surface area contributed by atoms with Gasteiger partial charge in [0, 0.05) is 71.6 Å². The van der Waals surface area contributed by atoms with E-state index < -0.39 is 0 Å². The first kappa shape index (κ1) is 32.5. The van der Waals surface area contributed by atoms with Crippen LogP contribution >= 0.6 is 0 Å². The van der Waals surface area contributed by atoms with Gasteiger partial charge in [-0.25, -0.2) is 9.97 Å². The van der Waals surface area contributed by atoms with Crippen molar-refractivity contribution in [1.82, 2.24) is 24.1 Å². The van der Waals surface area contributed by atoms with Gasteiger partial charge in [0.05, 0.1) is 16.6 Å².